The molecule has 4 rings (SSSR count). The van der Waals surface area contributed by atoms with E-state index in [1.807, 2.05) is 0 Å². The normalized spacial score (nSPS) is 25.0. The molecule has 0 aromatic heterocycles. The van der Waals surface area contributed by atoms with Gasteiger partial charge in [-0.3, -0.25) is 4.79 Å². The van der Waals surface area contributed by atoms with E-state index in [4.69, 9.17) is 11.6 Å². The number of nitrogens with one attached hydrogen (secondary N) is 2. The number of amides is 3. The van der Waals surface area contributed by atoms with Crippen LogP contribution in [-0.4, -0.2) is 36.0 Å². The third kappa shape index (κ3) is 3.26. The molecular weight excluding hydrogens is 376 g/mol. The van der Waals surface area contributed by atoms with E-state index >= 15 is 0 Å². The van der Waals surface area contributed by atoms with Crippen molar-refractivity contribution in [1.82, 2.24) is 15.5 Å². The van der Waals surface area contributed by atoms with Crippen LogP contribution in [0.5, 0.6) is 0 Å². The van der Waals surface area contributed by atoms with Gasteiger partial charge in [0.25, 0.3) is 0 Å². The molecule has 1 heterocycles. The fraction of sp³-hybridized carbons (Fsp3) is 0.579. The van der Waals surface area contributed by atoms with Crippen LogP contribution in [0.15, 0.2) is 12.1 Å². The summed E-state index contributed by atoms with van der Waals surface area (Å²) in [7, 11) is 0. The second-order valence-electron chi connectivity index (χ2n) is 8.02. The number of hydrogen-bond acceptors (Lipinski definition) is 2. The van der Waals surface area contributed by atoms with E-state index in [9.17, 15) is 18.4 Å². The predicted octanol–water partition coefficient (Wildman–Crippen LogP) is 3.38. The van der Waals surface area contributed by atoms with Crippen LogP contribution in [0.25, 0.3) is 0 Å². The molecule has 3 fully saturated rings. The van der Waals surface area contributed by atoms with Gasteiger partial charge >= 0.3 is 6.03 Å². The lowest BCUT2D eigenvalue weighted by Gasteiger charge is -2.43. The number of carbonyl (C=O) groups excluding carboxylic acids is 2. The van der Waals surface area contributed by atoms with Gasteiger partial charge in [-0.1, -0.05) is 17.7 Å². The maximum atomic E-state index is 14.7. The monoisotopic (exact) mass is 397 g/mol. The smallest absolute Gasteiger partial charge is 0.318 e. The number of nitrogens with zero attached hydrogens (tertiary/aromatic N) is 1. The highest BCUT2D eigenvalue weighted by atomic mass is 35.5. The SMILES string of the molecule is CC1C(=O)NCCN1C(=O)NC(c1ccc(F)c(Cl)c1F)C1CC2(CC2)C1. The zero-order valence-corrected chi connectivity index (χ0v) is 15.8. The Morgan fingerprint density at radius 1 is 1.37 bits per heavy atom. The lowest BCUT2D eigenvalue weighted by Crippen LogP contribution is -2.59. The van der Waals surface area contributed by atoms with Gasteiger partial charge in [-0.25, -0.2) is 13.6 Å². The predicted molar refractivity (Wildman–Crippen MR) is 96.2 cm³/mol. The molecule has 0 bridgehead atoms. The highest BCUT2D eigenvalue weighted by Gasteiger charge is 2.55. The van der Waals surface area contributed by atoms with Crippen molar-refractivity contribution in [3.8, 4) is 0 Å². The Morgan fingerprint density at radius 2 is 2.07 bits per heavy atom. The summed E-state index contributed by atoms with van der Waals surface area (Å²) in [6.07, 6.45) is 4.14. The van der Waals surface area contributed by atoms with E-state index in [1.54, 1.807) is 6.92 Å². The van der Waals surface area contributed by atoms with Gasteiger partial charge in [0.1, 0.15) is 22.7 Å². The molecule has 2 atom stereocenters. The van der Waals surface area contributed by atoms with E-state index in [1.165, 1.54) is 23.8 Å². The molecule has 2 aliphatic carbocycles. The van der Waals surface area contributed by atoms with Gasteiger partial charge in [0, 0.05) is 18.7 Å². The molecule has 1 saturated heterocycles. The largest absolute Gasteiger partial charge is 0.353 e. The van der Waals surface area contributed by atoms with Gasteiger partial charge in [-0.05, 0) is 50.0 Å². The van der Waals surface area contributed by atoms with Crippen molar-refractivity contribution in [3.63, 3.8) is 0 Å². The summed E-state index contributed by atoms with van der Waals surface area (Å²) < 4.78 is 28.3. The number of benzene rings is 1. The first-order chi connectivity index (χ1) is 12.8. The molecule has 2 N–H and O–H groups in total. The van der Waals surface area contributed by atoms with Crippen molar-refractivity contribution in [2.45, 2.75) is 44.7 Å². The molecule has 2 unspecified atom stereocenters. The van der Waals surface area contributed by atoms with Gasteiger partial charge in [-0.2, -0.15) is 0 Å². The molecule has 8 heteroatoms. The van der Waals surface area contributed by atoms with Crippen molar-refractivity contribution in [1.29, 1.82) is 0 Å². The third-order valence-corrected chi connectivity index (χ3v) is 6.60. The number of hydrogen-bond donors (Lipinski definition) is 2. The molecule has 27 heavy (non-hydrogen) atoms. The first-order valence-electron chi connectivity index (χ1n) is 9.29. The summed E-state index contributed by atoms with van der Waals surface area (Å²) in [5.74, 6) is -1.80. The van der Waals surface area contributed by atoms with Crippen molar-refractivity contribution >= 4 is 23.5 Å². The molecular formula is C19H22ClF2N3O2. The number of halogens is 3. The Balaban J connectivity index is 1.58. The maximum absolute atomic E-state index is 14.7. The fourth-order valence-electron chi connectivity index (χ4n) is 4.38. The first kappa shape index (κ1) is 18.5. The van der Waals surface area contributed by atoms with E-state index < -0.39 is 34.8 Å². The number of piperazine rings is 1. The van der Waals surface area contributed by atoms with E-state index in [-0.39, 0.29) is 17.4 Å². The van der Waals surface area contributed by atoms with Gasteiger partial charge < -0.3 is 15.5 Å². The molecule has 3 amide bonds. The summed E-state index contributed by atoms with van der Waals surface area (Å²) in [6, 6.07) is 0.865. The van der Waals surface area contributed by atoms with Gasteiger partial charge in [0.05, 0.1) is 6.04 Å². The third-order valence-electron chi connectivity index (χ3n) is 6.26. The van der Waals surface area contributed by atoms with Crippen molar-refractivity contribution in [3.05, 3.63) is 34.4 Å². The van der Waals surface area contributed by atoms with E-state index in [0.717, 1.165) is 18.9 Å². The van der Waals surface area contributed by atoms with Gasteiger partial charge in [0.2, 0.25) is 5.91 Å². The van der Waals surface area contributed by atoms with Crippen LogP contribution in [0.1, 0.15) is 44.2 Å². The minimum Gasteiger partial charge on any atom is -0.353 e. The van der Waals surface area contributed by atoms with Crippen LogP contribution in [-0.2, 0) is 4.79 Å². The summed E-state index contributed by atoms with van der Waals surface area (Å²) >= 11 is 5.76. The van der Waals surface area contributed by atoms with E-state index in [0.29, 0.717) is 18.5 Å². The molecule has 1 aromatic rings. The molecule has 3 aliphatic rings. The molecule has 146 valence electrons. The highest BCUT2D eigenvalue weighted by Crippen LogP contribution is 2.65. The highest BCUT2D eigenvalue weighted by molar-refractivity contribution is 6.31. The van der Waals surface area contributed by atoms with Crippen molar-refractivity contribution < 1.29 is 18.4 Å². The molecule has 2 saturated carbocycles. The Hall–Kier alpha value is -1.89. The van der Waals surface area contributed by atoms with Crippen LogP contribution in [0, 0.1) is 23.0 Å². The summed E-state index contributed by atoms with van der Waals surface area (Å²) in [6.45, 7) is 2.41. The number of urea groups is 1. The van der Waals surface area contributed by atoms with Crippen LogP contribution in [0.3, 0.4) is 0 Å². The van der Waals surface area contributed by atoms with Crippen LogP contribution in [0.4, 0.5) is 13.6 Å². The lowest BCUT2D eigenvalue weighted by atomic mass is 9.67. The standard InChI is InChI=1S/C19H22ClF2N3O2/c1-10-17(26)23-6-7-25(10)18(27)24-16(11-8-19(9-11)4-5-19)12-2-3-13(21)14(20)15(12)22/h2-3,10-11,16H,4-9H2,1H3,(H,23,26)(H,24,27). The van der Waals surface area contributed by atoms with Crippen molar-refractivity contribution in [2.75, 3.05) is 13.1 Å². The number of carbonyl (C=O) groups is 2. The molecule has 1 aliphatic heterocycles. The quantitative estimate of drug-likeness (QED) is 0.768. The zero-order chi connectivity index (χ0) is 19.3. The Kier molecular flexibility index (Phi) is 4.53. The van der Waals surface area contributed by atoms with Crippen LogP contribution in [0.2, 0.25) is 5.02 Å². The first-order valence-corrected chi connectivity index (χ1v) is 9.67. The van der Waals surface area contributed by atoms with Crippen molar-refractivity contribution in [2.24, 2.45) is 11.3 Å². The van der Waals surface area contributed by atoms with E-state index in [2.05, 4.69) is 10.6 Å². The maximum Gasteiger partial charge on any atom is 0.318 e. The zero-order valence-electron chi connectivity index (χ0n) is 15.0. The Bertz CT molecular complexity index is 791. The Labute approximate surface area is 161 Å². The minimum atomic E-state index is -0.830. The summed E-state index contributed by atoms with van der Waals surface area (Å²) in [5, 5.41) is 5.05. The minimum absolute atomic E-state index is 0.0707. The summed E-state index contributed by atoms with van der Waals surface area (Å²) in [5.41, 5.74) is 0.552. The molecule has 1 aromatic carbocycles. The molecule has 0 radical (unpaired) electrons. The Morgan fingerprint density at radius 3 is 2.74 bits per heavy atom. The van der Waals surface area contributed by atoms with Gasteiger partial charge in [0.15, 0.2) is 0 Å². The second-order valence-corrected chi connectivity index (χ2v) is 8.40. The molecule has 5 nitrogen and oxygen atoms in total. The van der Waals surface area contributed by atoms with Gasteiger partial charge in [-0.15, -0.1) is 0 Å². The second kappa shape index (κ2) is 6.62. The average molecular weight is 398 g/mol. The lowest BCUT2D eigenvalue weighted by molar-refractivity contribution is -0.127. The van der Waals surface area contributed by atoms with Crippen LogP contribution >= 0.6 is 11.6 Å². The molecule has 1 spiro atoms. The fourth-order valence-corrected chi connectivity index (χ4v) is 4.55. The average Bonchev–Trinajstić information content (AvgIpc) is 3.40. The summed E-state index contributed by atoms with van der Waals surface area (Å²) in [4.78, 5) is 26.1. The topological polar surface area (TPSA) is 61.4 Å². The van der Waals surface area contributed by atoms with Crippen LogP contribution < -0.4 is 10.6 Å². The number of rotatable bonds is 3.